The molecule has 0 aliphatic carbocycles. The summed E-state index contributed by atoms with van der Waals surface area (Å²) >= 11 is 0. The predicted octanol–water partition coefficient (Wildman–Crippen LogP) is 1.58. The van der Waals surface area contributed by atoms with Gasteiger partial charge in [-0.3, -0.25) is 9.36 Å². The van der Waals surface area contributed by atoms with Crippen molar-refractivity contribution in [3.63, 3.8) is 0 Å². The highest BCUT2D eigenvalue weighted by Crippen LogP contribution is 2.27. The van der Waals surface area contributed by atoms with E-state index in [1.807, 2.05) is 18.2 Å². The smallest absolute Gasteiger partial charge is 0.261 e. The SMILES string of the molecule is N#Cc1ccc(/C=C2\CCn3c2nc2cc(C(=O)[O-])ccc2c3=O)cc1. The van der Waals surface area contributed by atoms with Crippen molar-refractivity contribution >= 4 is 28.5 Å². The van der Waals surface area contributed by atoms with E-state index < -0.39 is 5.97 Å². The molecular weight excluding hydrogens is 330 g/mol. The molecule has 3 aromatic rings. The molecular formula is C20H12N3O3-. The second-order valence-electron chi connectivity index (χ2n) is 6.06. The Hall–Kier alpha value is -3.72. The molecule has 126 valence electrons. The Morgan fingerprint density at radius 3 is 2.69 bits per heavy atom. The molecule has 4 rings (SSSR count). The topological polar surface area (TPSA) is 98.8 Å². The van der Waals surface area contributed by atoms with E-state index in [1.54, 1.807) is 16.7 Å². The van der Waals surface area contributed by atoms with Crippen molar-refractivity contribution in [1.29, 1.82) is 5.26 Å². The number of allylic oxidation sites excluding steroid dienone is 1. The van der Waals surface area contributed by atoms with Gasteiger partial charge in [0.1, 0.15) is 5.82 Å². The molecule has 0 fully saturated rings. The third kappa shape index (κ3) is 2.56. The van der Waals surface area contributed by atoms with Crippen molar-refractivity contribution in [2.75, 3.05) is 0 Å². The van der Waals surface area contributed by atoms with E-state index in [-0.39, 0.29) is 11.1 Å². The van der Waals surface area contributed by atoms with Crippen LogP contribution in [-0.4, -0.2) is 15.5 Å². The van der Waals surface area contributed by atoms with Gasteiger partial charge in [0.25, 0.3) is 5.56 Å². The third-order valence-electron chi connectivity index (χ3n) is 4.46. The first-order valence-electron chi connectivity index (χ1n) is 8.04. The molecule has 0 N–H and O–H groups in total. The molecule has 0 saturated carbocycles. The summed E-state index contributed by atoms with van der Waals surface area (Å²) in [7, 11) is 0. The van der Waals surface area contributed by atoms with Crippen molar-refractivity contribution in [3.8, 4) is 6.07 Å². The van der Waals surface area contributed by atoms with Crippen molar-refractivity contribution in [2.45, 2.75) is 13.0 Å². The van der Waals surface area contributed by atoms with Crippen LogP contribution in [0.5, 0.6) is 0 Å². The van der Waals surface area contributed by atoms with Crippen molar-refractivity contribution in [2.24, 2.45) is 0 Å². The number of nitrogens with zero attached hydrogens (tertiary/aromatic N) is 3. The number of hydrogen-bond acceptors (Lipinski definition) is 5. The number of rotatable bonds is 2. The van der Waals surface area contributed by atoms with E-state index in [1.165, 1.54) is 18.2 Å². The van der Waals surface area contributed by atoms with Crippen LogP contribution >= 0.6 is 0 Å². The highest BCUT2D eigenvalue weighted by Gasteiger charge is 2.21. The Morgan fingerprint density at radius 1 is 1.23 bits per heavy atom. The number of benzene rings is 2. The summed E-state index contributed by atoms with van der Waals surface area (Å²) in [5.74, 6) is -0.759. The number of carboxylic acid groups (broad SMARTS) is 1. The van der Waals surface area contributed by atoms with Gasteiger partial charge in [0.05, 0.1) is 28.5 Å². The van der Waals surface area contributed by atoms with E-state index in [4.69, 9.17) is 5.26 Å². The Labute approximate surface area is 148 Å². The monoisotopic (exact) mass is 342 g/mol. The quantitative estimate of drug-likeness (QED) is 0.704. The van der Waals surface area contributed by atoms with Crippen LogP contribution < -0.4 is 10.7 Å². The van der Waals surface area contributed by atoms with Crippen LogP contribution in [0.2, 0.25) is 0 Å². The lowest BCUT2D eigenvalue weighted by molar-refractivity contribution is -0.255. The van der Waals surface area contributed by atoms with Crippen molar-refractivity contribution < 1.29 is 9.90 Å². The summed E-state index contributed by atoms with van der Waals surface area (Å²) in [6, 6.07) is 13.4. The highest BCUT2D eigenvalue weighted by molar-refractivity contribution is 5.92. The molecule has 6 heteroatoms. The molecule has 6 nitrogen and oxygen atoms in total. The molecule has 26 heavy (non-hydrogen) atoms. The minimum absolute atomic E-state index is 0.00929. The van der Waals surface area contributed by atoms with E-state index in [0.717, 1.165) is 11.1 Å². The number of carbonyl (C=O) groups excluding carboxylic acids is 1. The Balaban J connectivity index is 1.85. The van der Waals surface area contributed by atoms with Gasteiger partial charge in [-0.2, -0.15) is 5.26 Å². The molecule has 1 aliphatic rings. The van der Waals surface area contributed by atoms with Gasteiger partial charge in [-0.15, -0.1) is 0 Å². The van der Waals surface area contributed by atoms with Crippen LogP contribution in [0.3, 0.4) is 0 Å². The number of aromatic carboxylic acids is 1. The first kappa shape index (κ1) is 15.8. The molecule has 0 unspecified atom stereocenters. The van der Waals surface area contributed by atoms with Crippen LogP contribution in [-0.2, 0) is 6.54 Å². The third-order valence-corrected chi connectivity index (χ3v) is 4.46. The summed E-state index contributed by atoms with van der Waals surface area (Å²) in [6.45, 7) is 0.529. The van der Waals surface area contributed by atoms with Crippen molar-refractivity contribution in [1.82, 2.24) is 9.55 Å². The number of carbonyl (C=O) groups is 1. The predicted molar refractivity (Wildman–Crippen MR) is 94.0 cm³/mol. The van der Waals surface area contributed by atoms with Crippen LogP contribution in [0.1, 0.15) is 33.7 Å². The fourth-order valence-corrected chi connectivity index (χ4v) is 3.14. The molecule has 0 bridgehead atoms. The Kier molecular flexibility index (Phi) is 3.63. The summed E-state index contributed by atoms with van der Waals surface area (Å²) in [6.07, 6.45) is 2.59. The van der Waals surface area contributed by atoms with E-state index in [2.05, 4.69) is 11.1 Å². The normalized spacial score (nSPS) is 14.3. The zero-order valence-corrected chi connectivity index (χ0v) is 13.6. The summed E-state index contributed by atoms with van der Waals surface area (Å²) in [5.41, 5.74) is 2.53. The average molecular weight is 342 g/mol. The average Bonchev–Trinajstić information content (AvgIpc) is 3.05. The summed E-state index contributed by atoms with van der Waals surface area (Å²) in [5, 5.41) is 20.3. The van der Waals surface area contributed by atoms with Crippen LogP contribution in [0.4, 0.5) is 0 Å². The number of nitriles is 1. The number of carboxylic acids is 1. The summed E-state index contributed by atoms with van der Waals surface area (Å²) in [4.78, 5) is 28.3. The number of aromatic nitrogens is 2. The van der Waals surface area contributed by atoms with Gasteiger partial charge >= 0.3 is 0 Å². The lowest BCUT2D eigenvalue weighted by atomic mass is 10.1. The van der Waals surface area contributed by atoms with E-state index >= 15 is 0 Å². The van der Waals surface area contributed by atoms with Crippen LogP contribution in [0.15, 0.2) is 47.3 Å². The minimum atomic E-state index is -1.30. The highest BCUT2D eigenvalue weighted by atomic mass is 16.4. The molecule has 0 atom stereocenters. The first-order chi connectivity index (χ1) is 12.6. The van der Waals surface area contributed by atoms with Crippen LogP contribution in [0.25, 0.3) is 22.6 Å². The molecule has 0 saturated heterocycles. The van der Waals surface area contributed by atoms with Gasteiger partial charge in [0.15, 0.2) is 0 Å². The summed E-state index contributed by atoms with van der Waals surface area (Å²) < 4.78 is 1.61. The van der Waals surface area contributed by atoms with Gasteiger partial charge in [-0.05, 0) is 53.5 Å². The van der Waals surface area contributed by atoms with E-state index in [9.17, 15) is 14.7 Å². The van der Waals surface area contributed by atoms with Gasteiger partial charge in [-0.25, -0.2) is 4.98 Å². The number of fused-ring (bicyclic) bond motifs is 2. The molecule has 1 aromatic heterocycles. The second kappa shape index (κ2) is 5.97. The maximum Gasteiger partial charge on any atom is 0.261 e. The molecule has 0 amide bonds. The van der Waals surface area contributed by atoms with Gasteiger partial charge in [0.2, 0.25) is 0 Å². The molecule has 0 radical (unpaired) electrons. The standard InChI is InChI=1S/C20H13N3O3/c21-11-13-3-1-12(2-4-13)9-14-7-8-23-18(14)22-17-10-15(20(25)26)5-6-16(17)19(23)24/h1-6,9-10H,7-8H2,(H,25,26)/p-1/b14-9+. The lowest BCUT2D eigenvalue weighted by Gasteiger charge is -2.08. The van der Waals surface area contributed by atoms with Crippen LogP contribution in [0, 0.1) is 11.3 Å². The Bertz CT molecular complexity index is 1180. The second-order valence-corrected chi connectivity index (χ2v) is 6.06. The minimum Gasteiger partial charge on any atom is -0.545 e. The lowest BCUT2D eigenvalue weighted by Crippen LogP contribution is -2.23. The maximum atomic E-state index is 12.7. The molecule has 2 aromatic carbocycles. The van der Waals surface area contributed by atoms with Gasteiger partial charge in [-0.1, -0.05) is 18.2 Å². The number of hydrogen-bond donors (Lipinski definition) is 0. The fraction of sp³-hybridized carbons (Fsp3) is 0.100. The van der Waals surface area contributed by atoms with E-state index in [0.29, 0.717) is 35.3 Å². The molecule has 1 aliphatic heterocycles. The molecule has 0 spiro atoms. The zero-order valence-electron chi connectivity index (χ0n) is 13.6. The fourth-order valence-electron chi connectivity index (χ4n) is 3.14. The largest absolute Gasteiger partial charge is 0.545 e. The van der Waals surface area contributed by atoms with Gasteiger partial charge < -0.3 is 9.90 Å². The maximum absolute atomic E-state index is 12.7. The van der Waals surface area contributed by atoms with Crippen molar-refractivity contribution in [3.05, 3.63) is 75.3 Å². The first-order valence-corrected chi connectivity index (χ1v) is 8.04. The molecule has 2 heterocycles. The Morgan fingerprint density at radius 2 is 2.00 bits per heavy atom. The zero-order chi connectivity index (χ0) is 18.3. The van der Waals surface area contributed by atoms with Gasteiger partial charge in [0, 0.05) is 6.54 Å².